The molecule has 0 saturated carbocycles. The van der Waals surface area contributed by atoms with Crippen LogP contribution in [0.5, 0.6) is 0 Å². The quantitative estimate of drug-likeness (QED) is 0.553. The predicted octanol–water partition coefficient (Wildman–Crippen LogP) is 2.87. The van der Waals surface area contributed by atoms with Gasteiger partial charge in [-0.1, -0.05) is 0 Å². The van der Waals surface area contributed by atoms with Gasteiger partial charge < -0.3 is 14.2 Å². The number of rotatable bonds is 6. The van der Waals surface area contributed by atoms with E-state index in [0.29, 0.717) is 0 Å². The second-order valence-corrected chi connectivity index (χ2v) is 3.33. The van der Waals surface area contributed by atoms with E-state index in [1.807, 2.05) is 0 Å². The first-order chi connectivity index (χ1) is 7.41. The van der Waals surface area contributed by atoms with E-state index in [9.17, 15) is 14.4 Å². The van der Waals surface area contributed by atoms with Crippen molar-refractivity contribution in [2.45, 2.75) is 12.5 Å². The van der Waals surface area contributed by atoms with E-state index in [0.717, 1.165) is 0 Å². The monoisotopic (exact) mass is 292 g/mol. The molecule has 92 valence electrons. The third-order valence-corrected chi connectivity index (χ3v) is 1.60. The van der Waals surface area contributed by atoms with Gasteiger partial charge in [-0.2, -0.15) is 0 Å². The summed E-state index contributed by atoms with van der Waals surface area (Å²) in [5.41, 5.74) is -3.12. The number of carbonyl (C=O) groups excluding carboxylic acids is 3. The second-order valence-electron chi connectivity index (χ2n) is 2.40. The van der Waals surface area contributed by atoms with E-state index in [1.54, 1.807) is 0 Å². The summed E-state index contributed by atoms with van der Waals surface area (Å²) in [7, 11) is 0. The molecule has 0 saturated heterocycles. The van der Waals surface area contributed by atoms with Crippen molar-refractivity contribution < 1.29 is 28.6 Å². The van der Waals surface area contributed by atoms with E-state index in [2.05, 4.69) is 14.2 Å². The van der Waals surface area contributed by atoms with E-state index in [4.69, 9.17) is 34.8 Å². The summed E-state index contributed by atoms with van der Waals surface area (Å²) in [4.78, 5) is 30.9. The average molecular weight is 293 g/mol. The smallest absolute Gasteiger partial charge is 0.404 e. The molecule has 0 aromatic heterocycles. The molecule has 0 amide bonds. The molecule has 0 radical (unpaired) electrons. The molecule has 0 heterocycles. The highest BCUT2D eigenvalue weighted by Gasteiger charge is 2.16. The Morgan fingerprint density at radius 2 is 1.50 bits per heavy atom. The van der Waals surface area contributed by atoms with Crippen LogP contribution in [-0.2, 0) is 14.2 Å². The molecule has 6 nitrogen and oxygen atoms in total. The van der Waals surface area contributed by atoms with Gasteiger partial charge in [0.05, 0.1) is 6.61 Å². The zero-order valence-electron chi connectivity index (χ0n) is 7.78. The van der Waals surface area contributed by atoms with Crippen molar-refractivity contribution in [3.63, 3.8) is 0 Å². The minimum atomic E-state index is -1.08. The van der Waals surface area contributed by atoms with Crippen LogP contribution in [0.25, 0.3) is 0 Å². The first-order valence-corrected chi connectivity index (χ1v) is 5.06. The van der Waals surface area contributed by atoms with Crippen molar-refractivity contribution in [1.29, 1.82) is 0 Å². The molecule has 0 aromatic carbocycles. The number of hydrogen-bond donors (Lipinski definition) is 0. The Bertz CT molecular complexity index is 269. The molecule has 0 bridgehead atoms. The van der Waals surface area contributed by atoms with E-state index < -0.39 is 22.4 Å². The van der Waals surface area contributed by atoms with Crippen LogP contribution in [-0.4, -0.2) is 35.6 Å². The summed E-state index contributed by atoms with van der Waals surface area (Å²) in [6, 6.07) is 0. The average Bonchev–Trinajstić information content (AvgIpc) is 2.12. The van der Waals surface area contributed by atoms with Gasteiger partial charge in [0.2, 0.25) is 0 Å². The highest BCUT2D eigenvalue weighted by atomic mass is 35.5. The zero-order valence-corrected chi connectivity index (χ0v) is 10.0. The van der Waals surface area contributed by atoms with Crippen LogP contribution in [0.2, 0.25) is 0 Å². The molecule has 0 aliphatic heterocycles. The summed E-state index contributed by atoms with van der Waals surface area (Å²) < 4.78 is 13.3. The highest BCUT2D eigenvalue weighted by Crippen LogP contribution is 2.05. The fourth-order valence-corrected chi connectivity index (χ4v) is 1.00. The summed E-state index contributed by atoms with van der Waals surface area (Å²) >= 11 is 14.8. The van der Waals surface area contributed by atoms with Gasteiger partial charge in [0.25, 0.3) is 0 Å². The number of ether oxygens (including phenoxy) is 3. The van der Waals surface area contributed by atoms with E-state index in [1.165, 1.54) is 0 Å². The molecule has 0 spiro atoms. The maximum atomic E-state index is 10.4. The maximum Gasteiger partial charge on any atom is 0.404 e. The van der Waals surface area contributed by atoms with Crippen molar-refractivity contribution in [2.75, 3.05) is 13.2 Å². The largest absolute Gasteiger partial charge is 0.454 e. The lowest BCUT2D eigenvalue weighted by atomic mass is 10.3. The fraction of sp³-hybridized carbons (Fsp3) is 0.571. The summed E-state index contributed by atoms with van der Waals surface area (Å²) in [5.74, 6) is 0. The molecule has 0 fully saturated rings. The van der Waals surface area contributed by atoms with Crippen LogP contribution in [0.1, 0.15) is 6.42 Å². The lowest BCUT2D eigenvalue weighted by Gasteiger charge is -2.14. The van der Waals surface area contributed by atoms with Crippen LogP contribution in [0.4, 0.5) is 14.4 Å². The lowest BCUT2D eigenvalue weighted by Crippen LogP contribution is -2.23. The molecule has 0 aliphatic rings. The normalized spacial score (nSPS) is 11.4. The molecule has 0 rings (SSSR count). The molecular formula is C7H7Cl3O6. The van der Waals surface area contributed by atoms with Crippen molar-refractivity contribution in [2.24, 2.45) is 0 Å². The van der Waals surface area contributed by atoms with Gasteiger partial charge >= 0.3 is 16.3 Å². The maximum absolute atomic E-state index is 10.4. The zero-order chi connectivity index (χ0) is 12.6. The number of hydrogen-bond acceptors (Lipinski definition) is 6. The first-order valence-electron chi connectivity index (χ1n) is 3.92. The molecule has 0 N–H and O–H groups in total. The Morgan fingerprint density at radius 1 is 0.938 bits per heavy atom. The molecule has 0 aromatic rings. The molecule has 9 heteroatoms. The van der Waals surface area contributed by atoms with Gasteiger partial charge in [0, 0.05) is 41.2 Å². The topological polar surface area (TPSA) is 78.9 Å². The van der Waals surface area contributed by atoms with Crippen molar-refractivity contribution in [3.8, 4) is 0 Å². The summed E-state index contributed by atoms with van der Waals surface area (Å²) in [6.07, 6.45) is -0.787. The molecular weight excluding hydrogens is 286 g/mol. The molecule has 16 heavy (non-hydrogen) atoms. The summed E-state index contributed by atoms with van der Waals surface area (Å²) in [6.45, 7) is -0.405. The second kappa shape index (κ2) is 8.43. The number of carbonyl (C=O) groups is 3. The molecule has 1 atom stereocenters. The van der Waals surface area contributed by atoms with Crippen LogP contribution in [0.15, 0.2) is 0 Å². The highest BCUT2D eigenvalue weighted by molar-refractivity contribution is 6.61. The van der Waals surface area contributed by atoms with Gasteiger partial charge in [-0.05, 0) is 0 Å². The third kappa shape index (κ3) is 9.82. The van der Waals surface area contributed by atoms with E-state index in [-0.39, 0.29) is 19.6 Å². The Labute approximate surface area is 106 Å². The van der Waals surface area contributed by atoms with Gasteiger partial charge in [-0.3, -0.25) is 0 Å². The van der Waals surface area contributed by atoms with Crippen molar-refractivity contribution >= 4 is 51.1 Å². The minimum Gasteiger partial charge on any atom is -0.454 e. The minimum absolute atomic E-state index is 0.0705. The molecule has 0 aliphatic carbocycles. The van der Waals surface area contributed by atoms with Gasteiger partial charge in [-0.15, -0.1) is 0 Å². The van der Waals surface area contributed by atoms with Crippen molar-refractivity contribution in [1.82, 2.24) is 0 Å². The van der Waals surface area contributed by atoms with Crippen molar-refractivity contribution in [3.05, 3.63) is 0 Å². The Kier molecular flexibility index (Phi) is 8.05. The Hall–Kier alpha value is -0.720. The van der Waals surface area contributed by atoms with Crippen LogP contribution in [0.3, 0.4) is 0 Å². The Morgan fingerprint density at radius 3 is 1.94 bits per heavy atom. The third-order valence-electron chi connectivity index (χ3n) is 1.30. The van der Waals surface area contributed by atoms with Gasteiger partial charge in [0.1, 0.15) is 12.7 Å². The molecule has 1 unspecified atom stereocenters. The van der Waals surface area contributed by atoms with Gasteiger partial charge in [-0.25, -0.2) is 14.4 Å². The van der Waals surface area contributed by atoms with Crippen LogP contribution < -0.4 is 0 Å². The lowest BCUT2D eigenvalue weighted by molar-refractivity contribution is 0.0484. The van der Waals surface area contributed by atoms with Gasteiger partial charge in [0.15, 0.2) is 0 Å². The number of halogens is 3. The SMILES string of the molecule is O=C(Cl)OCCC(COC(=O)Cl)OC(=O)Cl. The standard InChI is InChI=1S/C7H7Cl3O6/c8-5(11)14-2-1-4(16-7(10)13)3-15-6(9)12/h4H,1-3H2. The van der Waals surface area contributed by atoms with E-state index >= 15 is 0 Å². The summed E-state index contributed by atoms with van der Waals surface area (Å²) in [5, 5.41) is 0. The fourth-order valence-electron chi connectivity index (χ4n) is 0.736. The predicted molar refractivity (Wildman–Crippen MR) is 55.1 cm³/mol. The van der Waals surface area contributed by atoms with Crippen LogP contribution in [0, 0.1) is 0 Å². The Balaban J connectivity index is 3.94. The first kappa shape index (κ1) is 15.3. The van der Waals surface area contributed by atoms with Crippen LogP contribution >= 0.6 is 34.8 Å².